The number of morpholine rings is 1. The van der Waals surface area contributed by atoms with E-state index in [9.17, 15) is 8.42 Å². The predicted octanol–water partition coefficient (Wildman–Crippen LogP) is 3.30. The summed E-state index contributed by atoms with van der Waals surface area (Å²) >= 11 is 0. The molecule has 0 aliphatic carbocycles. The van der Waals surface area contributed by atoms with E-state index in [0.29, 0.717) is 30.6 Å². The lowest BCUT2D eigenvalue weighted by Crippen LogP contribution is -2.42. The first-order chi connectivity index (χ1) is 12.9. The molecule has 27 heavy (non-hydrogen) atoms. The van der Waals surface area contributed by atoms with Crippen LogP contribution in [0.5, 0.6) is 11.5 Å². The van der Waals surface area contributed by atoms with E-state index in [-0.39, 0.29) is 24.3 Å². The van der Waals surface area contributed by atoms with Gasteiger partial charge in [-0.3, -0.25) is 0 Å². The van der Waals surface area contributed by atoms with Crippen LogP contribution in [-0.4, -0.2) is 39.2 Å². The van der Waals surface area contributed by atoms with E-state index in [0.717, 1.165) is 5.56 Å². The van der Waals surface area contributed by atoms with E-state index in [1.807, 2.05) is 12.1 Å². The third kappa shape index (κ3) is 3.54. The van der Waals surface area contributed by atoms with Gasteiger partial charge in [0.1, 0.15) is 0 Å². The monoisotopic (exact) mass is 389 g/mol. The summed E-state index contributed by atoms with van der Waals surface area (Å²) in [5, 5.41) is 0. The Morgan fingerprint density at radius 2 is 1.78 bits per heavy atom. The molecule has 6 nitrogen and oxygen atoms in total. The van der Waals surface area contributed by atoms with Crippen molar-refractivity contribution in [2.24, 2.45) is 0 Å². The number of hydrogen-bond acceptors (Lipinski definition) is 5. The quantitative estimate of drug-likeness (QED) is 0.803. The van der Waals surface area contributed by atoms with Gasteiger partial charge in [0.05, 0.1) is 17.6 Å². The van der Waals surface area contributed by atoms with Crippen molar-refractivity contribution in [3.8, 4) is 11.5 Å². The van der Waals surface area contributed by atoms with Gasteiger partial charge in [-0.2, -0.15) is 4.31 Å². The Kier molecular flexibility index (Phi) is 4.84. The Morgan fingerprint density at radius 1 is 1.04 bits per heavy atom. The highest BCUT2D eigenvalue weighted by atomic mass is 32.2. The van der Waals surface area contributed by atoms with Gasteiger partial charge in [-0.15, -0.1) is 0 Å². The molecule has 2 aromatic carbocycles. The van der Waals surface area contributed by atoms with Crippen LogP contribution in [0, 0.1) is 0 Å². The van der Waals surface area contributed by atoms with Crippen LogP contribution in [0.25, 0.3) is 0 Å². The number of benzene rings is 2. The number of rotatable bonds is 4. The Bertz CT molecular complexity index is 924. The average molecular weight is 389 g/mol. The van der Waals surface area contributed by atoms with E-state index < -0.39 is 10.0 Å². The molecular weight excluding hydrogens is 366 g/mol. The van der Waals surface area contributed by atoms with Crippen LogP contribution in [0.3, 0.4) is 0 Å². The van der Waals surface area contributed by atoms with Crippen LogP contribution >= 0.6 is 0 Å². The van der Waals surface area contributed by atoms with Crippen LogP contribution in [0.2, 0.25) is 0 Å². The fourth-order valence-corrected chi connectivity index (χ4v) is 4.77. The maximum Gasteiger partial charge on any atom is 0.243 e. The summed E-state index contributed by atoms with van der Waals surface area (Å²) in [6, 6.07) is 12.9. The van der Waals surface area contributed by atoms with Crippen LogP contribution in [0.4, 0.5) is 0 Å². The second-order valence-corrected chi connectivity index (χ2v) is 9.00. The predicted molar refractivity (Wildman–Crippen MR) is 101 cm³/mol. The number of hydrogen-bond donors (Lipinski definition) is 0. The molecule has 0 spiro atoms. The highest BCUT2D eigenvalue weighted by Crippen LogP contribution is 2.35. The second kappa shape index (κ2) is 7.14. The van der Waals surface area contributed by atoms with Crippen molar-refractivity contribution < 1.29 is 22.6 Å². The molecule has 0 radical (unpaired) electrons. The summed E-state index contributed by atoms with van der Waals surface area (Å²) in [7, 11) is -3.63. The molecule has 0 aromatic heterocycles. The third-order valence-electron chi connectivity index (χ3n) is 4.99. The molecule has 1 fully saturated rings. The van der Waals surface area contributed by atoms with Crippen molar-refractivity contribution in [2.45, 2.75) is 30.8 Å². The van der Waals surface area contributed by atoms with Crippen molar-refractivity contribution in [3.05, 3.63) is 53.6 Å². The lowest BCUT2D eigenvalue weighted by atomic mass is 10.00. The first-order valence-corrected chi connectivity index (χ1v) is 10.5. The van der Waals surface area contributed by atoms with Crippen molar-refractivity contribution >= 4 is 10.0 Å². The Labute approximate surface area is 159 Å². The lowest BCUT2D eigenvalue weighted by molar-refractivity contribution is -0.00256. The molecule has 1 atom stereocenters. The Hall–Kier alpha value is -2.09. The molecule has 0 bridgehead atoms. The van der Waals surface area contributed by atoms with Crippen LogP contribution in [0.15, 0.2) is 47.4 Å². The number of sulfonamides is 1. The van der Waals surface area contributed by atoms with Gasteiger partial charge in [-0.25, -0.2) is 8.42 Å². The van der Waals surface area contributed by atoms with E-state index in [4.69, 9.17) is 14.2 Å². The van der Waals surface area contributed by atoms with E-state index in [1.165, 1.54) is 15.9 Å². The van der Waals surface area contributed by atoms with Gasteiger partial charge >= 0.3 is 0 Å². The smallest absolute Gasteiger partial charge is 0.243 e. The minimum absolute atomic E-state index is 0.116. The number of nitrogens with zero attached hydrogens (tertiary/aromatic N) is 1. The molecule has 7 heteroatoms. The van der Waals surface area contributed by atoms with Crippen molar-refractivity contribution in [1.82, 2.24) is 4.31 Å². The zero-order valence-electron chi connectivity index (χ0n) is 15.4. The normalized spacial score (nSPS) is 20.2. The molecule has 0 N–H and O–H groups in total. The fourth-order valence-electron chi connectivity index (χ4n) is 3.33. The molecular formula is C20H23NO5S. The van der Waals surface area contributed by atoms with E-state index in [2.05, 4.69) is 26.0 Å². The summed E-state index contributed by atoms with van der Waals surface area (Å²) in [4.78, 5) is 0.211. The van der Waals surface area contributed by atoms with Gasteiger partial charge in [0.15, 0.2) is 11.5 Å². The SMILES string of the molecule is CC(C)c1ccc(C2CN(S(=O)(=O)c3ccc4c(c3)OCO4)CCO2)cc1. The number of fused-ring (bicyclic) bond motifs is 1. The van der Waals surface area contributed by atoms with Gasteiger partial charge in [0.2, 0.25) is 16.8 Å². The van der Waals surface area contributed by atoms with Crippen LogP contribution in [-0.2, 0) is 14.8 Å². The molecule has 144 valence electrons. The summed E-state index contributed by atoms with van der Waals surface area (Å²) in [6.07, 6.45) is -0.274. The molecule has 2 aliphatic rings. The highest BCUT2D eigenvalue weighted by molar-refractivity contribution is 7.89. The van der Waals surface area contributed by atoms with E-state index >= 15 is 0 Å². The average Bonchev–Trinajstić information content (AvgIpc) is 3.16. The molecule has 1 unspecified atom stereocenters. The zero-order valence-corrected chi connectivity index (χ0v) is 16.2. The Balaban J connectivity index is 1.55. The Morgan fingerprint density at radius 3 is 2.52 bits per heavy atom. The minimum Gasteiger partial charge on any atom is -0.454 e. The minimum atomic E-state index is -3.63. The lowest BCUT2D eigenvalue weighted by Gasteiger charge is -2.32. The highest BCUT2D eigenvalue weighted by Gasteiger charge is 2.32. The first kappa shape index (κ1) is 18.3. The molecule has 0 amide bonds. The topological polar surface area (TPSA) is 65.1 Å². The summed E-state index contributed by atoms with van der Waals surface area (Å²) in [6.45, 7) is 5.39. The molecule has 0 saturated carbocycles. The molecule has 2 heterocycles. The molecule has 4 rings (SSSR count). The van der Waals surface area contributed by atoms with Gasteiger partial charge < -0.3 is 14.2 Å². The number of ether oxygens (including phenoxy) is 3. The van der Waals surface area contributed by atoms with Crippen LogP contribution in [0.1, 0.15) is 37.0 Å². The van der Waals surface area contributed by atoms with Crippen molar-refractivity contribution in [1.29, 1.82) is 0 Å². The van der Waals surface area contributed by atoms with Crippen molar-refractivity contribution in [3.63, 3.8) is 0 Å². The van der Waals surface area contributed by atoms with E-state index in [1.54, 1.807) is 12.1 Å². The molecule has 2 aromatic rings. The second-order valence-electron chi connectivity index (χ2n) is 7.06. The van der Waals surface area contributed by atoms with Gasteiger partial charge in [0.25, 0.3) is 0 Å². The van der Waals surface area contributed by atoms with Gasteiger partial charge in [-0.1, -0.05) is 38.1 Å². The maximum atomic E-state index is 13.1. The summed E-state index contributed by atoms with van der Waals surface area (Å²) in [5.74, 6) is 1.48. The largest absolute Gasteiger partial charge is 0.454 e. The summed E-state index contributed by atoms with van der Waals surface area (Å²) in [5.41, 5.74) is 2.24. The van der Waals surface area contributed by atoms with Crippen molar-refractivity contribution in [2.75, 3.05) is 26.5 Å². The first-order valence-electron chi connectivity index (χ1n) is 9.06. The standard InChI is InChI=1S/C20H23NO5S/c1-14(2)15-3-5-16(6-4-15)20-12-21(9-10-24-20)27(22,23)17-7-8-18-19(11-17)26-13-25-18/h3-8,11,14,20H,9-10,12-13H2,1-2H3. The molecule has 2 aliphatic heterocycles. The third-order valence-corrected chi connectivity index (χ3v) is 6.85. The fraction of sp³-hybridized carbons (Fsp3) is 0.400. The molecule has 1 saturated heterocycles. The van der Waals surface area contributed by atoms with Gasteiger partial charge in [-0.05, 0) is 29.2 Å². The summed E-state index contributed by atoms with van der Waals surface area (Å²) < 4.78 is 44.1. The maximum absolute atomic E-state index is 13.1. The van der Waals surface area contributed by atoms with Crippen LogP contribution < -0.4 is 9.47 Å². The zero-order chi connectivity index (χ0) is 19.0. The van der Waals surface area contributed by atoms with Gasteiger partial charge in [0, 0.05) is 19.2 Å².